The molecular weight excluding hydrogens is 488 g/mol. The van der Waals surface area contributed by atoms with Crippen LogP contribution in [0.2, 0.25) is 0 Å². The van der Waals surface area contributed by atoms with Crippen LogP contribution in [0.3, 0.4) is 0 Å². The van der Waals surface area contributed by atoms with Gasteiger partial charge in [-0.15, -0.1) is 0 Å². The molecule has 1 aromatic carbocycles. The van der Waals surface area contributed by atoms with E-state index in [2.05, 4.69) is 16.0 Å². The molecule has 35 heavy (non-hydrogen) atoms. The number of carbonyl (C=O) groups is 4. The highest BCUT2D eigenvalue weighted by Gasteiger charge is 2.31. The Labute approximate surface area is 216 Å². The molecule has 0 aliphatic heterocycles. The van der Waals surface area contributed by atoms with E-state index >= 15 is 0 Å². The fourth-order valence-corrected chi connectivity index (χ4v) is 4.22. The van der Waals surface area contributed by atoms with Crippen LogP contribution < -0.4 is 21.7 Å². The number of nitrogens with one attached hydrogen (secondary N) is 3. The Morgan fingerprint density at radius 1 is 0.857 bits per heavy atom. The van der Waals surface area contributed by atoms with E-state index in [1.807, 2.05) is 42.8 Å². The van der Waals surface area contributed by atoms with Gasteiger partial charge in [0.2, 0.25) is 17.7 Å². The summed E-state index contributed by atoms with van der Waals surface area (Å²) in [6.45, 7) is 3.57. The average Bonchev–Trinajstić information content (AvgIpc) is 2.82. The molecule has 196 valence electrons. The molecule has 0 radical (unpaired) electrons. The molecule has 0 saturated carbocycles. The summed E-state index contributed by atoms with van der Waals surface area (Å²) in [4.78, 5) is 50.4. The number of carboxylic acid groups (broad SMARTS) is 1. The minimum atomic E-state index is -1.14. The normalized spacial score (nSPS) is 14.5. The summed E-state index contributed by atoms with van der Waals surface area (Å²) in [6.07, 6.45) is 4.67. The van der Waals surface area contributed by atoms with E-state index in [9.17, 15) is 24.3 Å². The standard InChI is InChI=1S/C24H38N4O5S2/c1-15(2)20(28-21(29)17(25)10-12-34-3)23(31)27-19(14-16-8-6-5-7-9-16)22(30)26-18(24(32)33)11-13-35-4/h5-9,15,17-20H,10-14,25H2,1-4H3,(H,26,30)(H,27,31)(H,28,29)(H,32,33). The van der Waals surface area contributed by atoms with E-state index in [4.69, 9.17) is 5.73 Å². The highest BCUT2D eigenvalue weighted by atomic mass is 32.2. The van der Waals surface area contributed by atoms with Crippen LogP contribution in [-0.2, 0) is 25.6 Å². The largest absolute Gasteiger partial charge is 0.480 e. The SMILES string of the molecule is CSCCC(N)C(=O)NC(C(=O)NC(Cc1ccccc1)C(=O)NC(CCSC)C(=O)O)C(C)C. The molecule has 9 nitrogen and oxygen atoms in total. The summed E-state index contributed by atoms with van der Waals surface area (Å²) in [6, 6.07) is 5.38. The van der Waals surface area contributed by atoms with Crippen LogP contribution in [0.25, 0.3) is 0 Å². The van der Waals surface area contributed by atoms with Crippen LogP contribution in [-0.4, -0.2) is 77.0 Å². The number of amides is 3. The third kappa shape index (κ3) is 11.4. The maximum absolute atomic E-state index is 13.2. The number of benzene rings is 1. The van der Waals surface area contributed by atoms with Crippen LogP contribution in [0.5, 0.6) is 0 Å². The van der Waals surface area contributed by atoms with E-state index in [-0.39, 0.29) is 18.8 Å². The molecule has 4 atom stereocenters. The zero-order valence-corrected chi connectivity index (χ0v) is 22.4. The van der Waals surface area contributed by atoms with E-state index < -0.39 is 47.9 Å². The molecule has 11 heteroatoms. The molecule has 0 heterocycles. The van der Waals surface area contributed by atoms with Crippen molar-refractivity contribution in [3.63, 3.8) is 0 Å². The van der Waals surface area contributed by atoms with Crippen LogP contribution >= 0.6 is 23.5 Å². The zero-order valence-electron chi connectivity index (χ0n) is 20.8. The Hall–Kier alpha value is -2.24. The maximum atomic E-state index is 13.2. The number of hydrogen-bond acceptors (Lipinski definition) is 7. The molecule has 1 aromatic rings. The van der Waals surface area contributed by atoms with Gasteiger partial charge in [0.25, 0.3) is 0 Å². The number of carbonyl (C=O) groups excluding carboxylic acids is 3. The summed E-state index contributed by atoms with van der Waals surface area (Å²) in [7, 11) is 0. The van der Waals surface area contributed by atoms with Crippen molar-refractivity contribution in [3.05, 3.63) is 35.9 Å². The third-order valence-electron chi connectivity index (χ3n) is 5.36. The lowest BCUT2D eigenvalue weighted by molar-refractivity contribution is -0.142. The highest BCUT2D eigenvalue weighted by Crippen LogP contribution is 2.09. The minimum absolute atomic E-state index is 0.166. The summed E-state index contributed by atoms with van der Waals surface area (Å²) in [5, 5.41) is 17.5. The van der Waals surface area contributed by atoms with Gasteiger partial charge in [0.1, 0.15) is 18.1 Å². The number of aliphatic carboxylic acids is 1. The predicted octanol–water partition coefficient (Wildman–Crippen LogP) is 1.26. The molecule has 0 bridgehead atoms. The van der Waals surface area contributed by atoms with Gasteiger partial charge in [-0.05, 0) is 48.3 Å². The molecule has 1 rings (SSSR count). The van der Waals surface area contributed by atoms with Gasteiger partial charge >= 0.3 is 5.97 Å². The van der Waals surface area contributed by atoms with Crippen molar-refractivity contribution in [1.82, 2.24) is 16.0 Å². The van der Waals surface area contributed by atoms with Gasteiger partial charge in [0, 0.05) is 6.42 Å². The molecule has 0 spiro atoms. The fraction of sp³-hybridized carbons (Fsp3) is 0.583. The Kier molecular flexibility index (Phi) is 14.5. The van der Waals surface area contributed by atoms with Gasteiger partial charge in [-0.25, -0.2) is 4.79 Å². The second-order valence-electron chi connectivity index (χ2n) is 8.55. The summed E-state index contributed by atoms with van der Waals surface area (Å²) in [5.41, 5.74) is 6.75. The van der Waals surface area contributed by atoms with Gasteiger partial charge in [-0.3, -0.25) is 14.4 Å². The topological polar surface area (TPSA) is 151 Å². The predicted molar refractivity (Wildman–Crippen MR) is 142 cm³/mol. The molecule has 0 aromatic heterocycles. The van der Waals surface area contributed by atoms with E-state index in [1.165, 1.54) is 11.8 Å². The molecule has 0 fully saturated rings. The average molecular weight is 527 g/mol. The first-order valence-electron chi connectivity index (χ1n) is 11.5. The van der Waals surface area contributed by atoms with Crippen LogP contribution in [0.4, 0.5) is 0 Å². The second-order valence-corrected chi connectivity index (χ2v) is 10.5. The smallest absolute Gasteiger partial charge is 0.326 e. The van der Waals surface area contributed by atoms with Crippen molar-refractivity contribution >= 4 is 47.2 Å². The van der Waals surface area contributed by atoms with Gasteiger partial charge in [-0.1, -0.05) is 44.2 Å². The number of carboxylic acids is 1. The molecule has 0 aliphatic rings. The highest BCUT2D eigenvalue weighted by molar-refractivity contribution is 7.98. The van der Waals surface area contributed by atoms with Crippen LogP contribution in [0, 0.1) is 5.92 Å². The first-order chi connectivity index (χ1) is 16.6. The summed E-state index contributed by atoms with van der Waals surface area (Å²) in [5.74, 6) is -1.68. The first kappa shape index (κ1) is 30.8. The Morgan fingerprint density at radius 2 is 1.43 bits per heavy atom. The number of thioether (sulfide) groups is 2. The zero-order chi connectivity index (χ0) is 26.4. The lowest BCUT2D eigenvalue weighted by atomic mass is 10.00. The lowest BCUT2D eigenvalue weighted by Crippen LogP contribution is -2.59. The number of rotatable bonds is 16. The van der Waals surface area contributed by atoms with E-state index in [0.29, 0.717) is 17.9 Å². The molecule has 3 amide bonds. The third-order valence-corrected chi connectivity index (χ3v) is 6.65. The molecule has 0 saturated heterocycles. The monoisotopic (exact) mass is 526 g/mol. The number of nitrogens with two attached hydrogens (primary N) is 1. The van der Waals surface area contributed by atoms with Crippen molar-refractivity contribution in [2.45, 2.75) is 57.3 Å². The fourth-order valence-electron chi connectivity index (χ4n) is 3.26. The Balaban J connectivity index is 3.04. The molecule has 6 N–H and O–H groups in total. The van der Waals surface area contributed by atoms with Gasteiger partial charge in [-0.2, -0.15) is 23.5 Å². The summed E-state index contributed by atoms with van der Waals surface area (Å²) < 4.78 is 0. The second kappa shape index (κ2) is 16.4. The van der Waals surface area contributed by atoms with Gasteiger partial charge in [0.05, 0.1) is 6.04 Å². The van der Waals surface area contributed by atoms with Gasteiger partial charge in [0.15, 0.2) is 0 Å². The van der Waals surface area contributed by atoms with Crippen LogP contribution in [0.1, 0.15) is 32.3 Å². The van der Waals surface area contributed by atoms with Crippen LogP contribution in [0.15, 0.2) is 30.3 Å². The van der Waals surface area contributed by atoms with Crippen molar-refractivity contribution in [2.24, 2.45) is 11.7 Å². The van der Waals surface area contributed by atoms with Crippen molar-refractivity contribution in [1.29, 1.82) is 0 Å². The van der Waals surface area contributed by atoms with Gasteiger partial charge < -0.3 is 26.8 Å². The van der Waals surface area contributed by atoms with Crippen molar-refractivity contribution in [3.8, 4) is 0 Å². The number of hydrogen-bond donors (Lipinski definition) is 5. The quantitative estimate of drug-likeness (QED) is 0.216. The van der Waals surface area contributed by atoms with Crippen molar-refractivity contribution in [2.75, 3.05) is 24.0 Å². The molecular formula is C24H38N4O5S2. The minimum Gasteiger partial charge on any atom is -0.480 e. The summed E-state index contributed by atoms with van der Waals surface area (Å²) >= 11 is 3.06. The van der Waals surface area contributed by atoms with Crippen molar-refractivity contribution < 1.29 is 24.3 Å². The Morgan fingerprint density at radius 3 is 1.97 bits per heavy atom. The lowest BCUT2D eigenvalue weighted by Gasteiger charge is -2.27. The first-order valence-corrected chi connectivity index (χ1v) is 14.3. The Bertz CT molecular complexity index is 825. The molecule has 0 aliphatic carbocycles. The maximum Gasteiger partial charge on any atom is 0.326 e. The van der Waals surface area contributed by atoms with E-state index in [1.54, 1.807) is 25.6 Å². The molecule has 4 unspecified atom stereocenters. The van der Waals surface area contributed by atoms with E-state index in [0.717, 1.165) is 5.56 Å².